The zero-order valence-electron chi connectivity index (χ0n) is 13.2. The lowest BCUT2D eigenvalue weighted by Gasteiger charge is -2.20. The van der Waals surface area contributed by atoms with Crippen LogP contribution in [0.5, 0.6) is 0 Å². The van der Waals surface area contributed by atoms with Crippen LogP contribution >= 0.6 is 0 Å². The molecule has 2 rings (SSSR count). The lowest BCUT2D eigenvalue weighted by Crippen LogP contribution is -2.34. The van der Waals surface area contributed by atoms with E-state index in [0.717, 1.165) is 12.8 Å². The molecule has 2 heterocycles. The molecule has 1 aliphatic heterocycles. The maximum atomic E-state index is 12.4. The fourth-order valence-corrected chi connectivity index (χ4v) is 3.72. The van der Waals surface area contributed by atoms with Crippen LogP contribution in [-0.4, -0.2) is 69.3 Å². The van der Waals surface area contributed by atoms with Crippen molar-refractivity contribution in [2.75, 3.05) is 45.7 Å². The Bertz CT molecular complexity index is 622. The Labute approximate surface area is 131 Å². The lowest BCUT2D eigenvalue weighted by molar-refractivity contribution is -0.127. The third kappa shape index (κ3) is 3.56. The minimum Gasteiger partial charge on any atom is -0.350 e. The van der Waals surface area contributed by atoms with Gasteiger partial charge >= 0.3 is 0 Å². The van der Waals surface area contributed by atoms with Gasteiger partial charge in [-0.2, -0.15) is 4.31 Å². The van der Waals surface area contributed by atoms with Crippen molar-refractivity contribution >= 4 is 21.7 Å². The van der Waals surface area contributed by atoms with Gasteiger partial charge in [0.15, 0.2) is 0 Å². The third-order valence-corrected chi connectivity index (χ3v) is 5.57. The summed E-state index contributed by atoms with van der Waals surface area (Å²) in [6.45, 7) is 1.33. The van der Waals surface area contributed by atoms with Crippen LogP contribution in [0.15, 0.2) is 23.2 Å². The molecule has 0 aromatic carbocycles. The molecule has 7 nitrogen and oxygen atoms in total. The summed E-state index contributed by atoms with van der Waals surface area (Å²) in [5.74, 6) is 0.522. The summed E-state index contributed by atoms with van der Waals surface area (Å²) in [5.41, 5.74) is 0. The first-order chi connectivity index (χ1) is 10.3. The van der Waals surface area contributed by atoms with Crippen LogP contribution in [-0.2, 0) is 14.8 Å². The van der Waals surface area contributed by atoms with Crippen molar-refractivity contribution < 1.29 is 13.2 Å². The summed E-state index contributed by atoms with van der Waals surface area (Å²) >= 11 is 0. The number of carbonyl (C=O) groups excluding carboxylic acids is 1. The molecule has 22 heavy (non-hydrogen) atoms. The Morgan fingerprint density at radius 3 is 2.36 bits per heavy atom. The molecule has 8 heteroatoms. The molecule has 0 bridgehead atoms. The van der Waals surface area contributed by atoms with E-state index in [2.05, 4.69) is 4.98 Å². The summed E-state index contributed by atoms with van der Waals surface area (Å²) in [4.78, 5) is 19.2. The SMILES string of the molecule is CN(C)C(=O)CN(C)c1ccc(S(=O)(=O)N2CCCC2)cn1. The molecule has 1 amide bonds. The molecule has 122 valence electrons. The number of likely N-dealkylation sites (N-methyl/N-ethyl adjacent to an activating group) is 2. The van der Waals surface area contributed by atoms with Crippen LogP contribution < -0.4 is 4.90 Å². The number of rotatable bonds is 5. The van der Waals surface area contributed by atoms with Crippen LogP contribution in [0.3, 0.4) is 0 Å². The average molecular weight is 326 g/mol. The largest absolute Gasteiger partial charge is 0.350 e. The van der Waals surface area contributed by atoms with Crippen molar-refractivity contribution in [3.8, 4) is 0 Å². The normalized spacial score (nSPS) is 15.8. The van der Waals surface area contributed by atoms with Gasteiger partial charge in [0.25, 0.3) is 0 Å². The summed E-state index contributed by atoms with van der Waals surface area (Å²) in [7, 11) is 1.69. The van der Waals surface area contributed by atoms with E-state index in [1.165, 1.54) is 15.4 Å². The Morgan fingerprint density at radius 1 is 1.23 bits per heavy atom. The van der Waals surface area contributed by atoms with Crippen LogP contribution in [0.1, 0.15) is 12.8 Å². The molecule has 0 spiro atoms. The van der Waals surface area contributed by atoms with E-state index in [4.69, 9.17) is 0 Å². The zero-order chi connectivity index (χ0) is 16.3. The number of amides is 1. The molecule has 1 fully saturated rings. The van der Waals surface area contributed by atoms with Gasteiger partial charge in [0.1, 0.15) is 10.7 Å². The highest BCUT2D eigenvalue weighted by molar-refractivity contribution is 7.89. The molecular weight excluding hydrogens is 304 g/mol. The molecule has 0 unspecified atom stereocenters. The van der Waals surface area contributed by atoms with Crippen molar-refractivity contribution in [3.63, 3.8) is 0 Å². The van der Waals surface area contributed by atoms with E-state index < -0.39 is 10.0 Å². The standard InChI is InChI=1S/C14H22N4O3S/c1-16(2)14(19)11-17(3)13-7-6-12(10-15-13)22(20,21)18-8-4-5-9-18/h6-7,10H,4-5,8-9,11H2,1-3H3. The number of nitrogens with zero attached hydrogens (tertiary/aromatic N) is 4. The number of aromatic nitrogens is 1. The first-order valence-corrected chi connectivity index (χ1v) is 8.64. The van der Waals surface area contributed by atoms with Gasteiger partial charge in [0.05, 0.1) is 6.54 Å². The van der Waals surface area contributed by atoms with E-state index >= 15 is 0 Å². The first-order valence-electron chi connectivity index (χ1n) is 7.20. The molecule has 1 aromatic heterocycles. The second kappa shape index (κ2) is 6.62. The second-order valence-electron chi connectivity index (χ2n) is 5.61. The highest BCUT2D eigenvalue weighted by atomic mass is 32.2. The van der Waals surface area contributed by atoms with Crippen LogP contribution in [0.25, 0.3) is 0 Å². The van der Waals surface area contributed by atoms with Gasteiger partial charge in [-0.25, -0.2) is 13.4 Å². The van der Waals surface area contributed by atoms with Crippen molar-refractivity contribution in [1.82, 2.24) is 14.2 Å². The predicted molar refractivity (Wildman–Crippen MR) is 84.2 cm³/mol. The number of carbonyl (C=O) groups is 1. The zero-order valence-corrected chi connectivity index (χ0v) is 14.0. The van der Waals surface area contributed by atoms with Gasteiger partial charge in [-0.05, 0) is 25.0 Å². The Kier molecular flexibility index (Phi) is 5.02. The van der Waals surface area contributed by atoms with E-state index in [9.17, 15) is 13.2 Å². The Hall–Kier alpha value is -1.67. The monoisotopic (exact) mass is 326 g/mol. The molecule has 1 aromatic rings. The molecule has 1 saturated heterocycles. The Morgan fingerprint density at radius 2 is 1.86 bits per heavy atom. The van der Waals surface area contributed by atoms with Crippen LogP contribution in [0.2, 0.25) is 0 Å². The maximum Gasteiger partial charge on any atom is 0.244 e. The summed E-state index contributed by atoms with van der Waals surface area (Å²) in [6, 6.07) is 3.18. The van der Waals surface area contributed by atoms with Crippen LogP contribution in [0, 0.1) is 0 Å². The van der Waals surface area contributed by atoms with Crippen molar-refractivity contribution in [3.05, 3.63) is 18.3 Å². The third-order valence-electron chi connectivity index (χ3n) is 3.69. The molecular formula is C14H22N4O3S. The predicted octanol–water partition coefficient (Wildman–Crippen LogP) is 0.391. The number of sulfonamides is 1. The Balaban J connectivity index is 2.11. The molecule has 0 radical (unpaired) electrons. The average Bonchev–Trinajstić information content (AvgIpc) is 3.02. The fourth-order valence-electron chi connectivity index (χ4n) is 2.25. The van der Waals surface area contributed by atoms with E-state index in [1.54, 1.807) is 38.2 Å². The van der Waals surface area contributed by atoms with Crippen molar-refractivity contribution in [1.29, 1.82) is 0 Å². The molecule has 1 aliphatic rings. The van der Waals surface area contributed by atoms with Gasteiger partial charge in [-0.3, -0.25) is 4.79 Å². The number of pyridine rings is 1. The summed E-state index contributed by atoms with van der Waals surface area (Å²) < 4.78 is 26.3. The summed E-state index contributed by atoms with van der Waals surface area (Å²) in [5, 5.41) is 0. The lowest BCUT2D eigenvalue weighted by atomic mass is 10.4. The van der Waals surface area contributed by atoms with Gasteiger partial charge in [-0.1, -0.05) is 0 Å². The minimum atomic E-state index is -3.44. The smallest absolute Gasteiger partial charge is 0.244 e. The fraction of sp³-hybridized carbons (Fsp3) is 0.571. The molecule has 0 atom stereocenters. The van der Waals surface area contributed by atoms with E-state index in [-0.39, 0.29) is 17.3 Å². The van der Waals surface area contributed by atoms with Crippen LogP contribution in [0.4, 0.5) is 5.82 Å². The number of hydrogen-bond donors (Lipinski definition) is 0. The van der Waals surface area contributed by atoms with E-state index in [1.807, 2.05) is 0 Å². The highest BCUT2D eigenvalue weighted by Gasteiger charge is 2.27. The topological polar surface area (TPSA) is 73.8 Å². The van der Waals surface area contributed by atoms with E-state index in [0.29, 0.717) is 18.9 Å². The van der Waals surface area contributed by atoms with Crippen molar-refractivity contribution in [2.24, 2.45) is 0 Å². The van der Waals surface area contributed by atoms with Gasteiger partial charge in [-0.15, -0.1) is 0 Å². The summed E-state index contributed by atoms with van der Waals surface area (Å²) in [6.07, 6.45) is 3.17. The van der Waals surface area contributed by atoms with Gasteiger partial charge in [0.2, 0.25) is 15.9 Å². The quantitative estimate of drug-likeness (QED) is 0.782. The number of hydrogen-bond acceptors (Lipinski definition) is 5. The maximum absolute atomic E-state index is 12.4. The van der Waals surface area contributed by atoms with Crippen molar-refractivity contribution in [2.45, 2.75) is 17.7 Å². The van der Waals surface area contributed by atoms with Gasteiger partial charge in [0, 0.05) is 40.4 Å². The number of anilines is 1. The molecule has 0 saturated carbocycles. The minimum absolute atomic E-state index is 0.0435. The second-order valence-corrected chi connectivity index (χ2v) is 7.55. The molecule has 0 aliphatic carbocycles. The first kappa shape index (κ1) is 16.7. The van der Waals surface area contributed by atoms with Gasteiger partial charge < -0.3 is 9.80 Å². The molecule has 0 N–H and O–H groups in total. The highest BCUT2D eigenvalue weighted by Crippen LogP contribution is 2.21.